The molecule has 1 N–H and O–H groups in total. The molecule has 1 fully saturated rings. The summed E-state index contributed by atoms with van der Waals surface area (Å²) in [5.74, 6) is -0.0131. The van der Waals surface area contributed by atoms with Gasteiger partial charge in [-0.05, 0) is 78.2 Å². The Morgan fingerprint density at radius 1 is 0.966 bits per heavy atom. The Bertz CT molecular complexity index is 944. The highest BCUT2D eigenvalue weighted by Gasteiger charge is 2.12. The molecular formula is C24H25ClN2OS. The lowest BCUT2D eigenvalue weighted by Crippen LogP contribution is -2.24. The normalized spacial score (nSPS) is 14.2. The molecule has 2 aromatic carbocycles. The minimum atomic E-state index is -0.0131. The van der Waals surface area contributed by atoms with Gasteiger partial charge in [0.15, 0.2) is 0 Å². The van der Waals surface area contributed by atoms with E-state index in [0.717, 1.165) is 29.0 Å². The number of halogens is 1. The Morgan fingerprint density at radius 2 is 1.66 bits per heavy atom. The fraction of sp³-hybridized carbons (Fsp3) is 0.292. The minimum Gasteiger partial charge on any atom is -0.351 e. The predicted octanol–water partition coefficient (Wildman–Crippen LogP) is 5.64. The zero-order valence-corrected chi connectivity index (χ0v) is 17.9. The van der Waals surface area contributed by atoms with Gasteiger partial charge in [0, 0.05) is 18.1 Å². The second-order valence-corrected chi connectivity index (χ2v) is 8.86. The Hall–Kier alpha value is -2.14. The first-order valence-corrected chi connectivity index (χ1v) is 11.4. The lowest BCUT2D eigenvalue weighted by molar-refractivity contribution is 0.0958. The zero-order valence-electron chi connectivity index (χ0n) is 16.4. The second-order valence-electron chi connectivity index (χ2n) is 7.51. The fourth-order valence-electron chi connectivity index (χ4n) is 3.67. The summed E-state index contributed by atoms with van der Waals surface area (Å²) in [6, 6.07) is 18.4. The van der Waals surface area contributed by atoms with Gasteiger partial charge in [-0.1, -0.05) is 48.0 Å². The average Bonchev–Trinajstić information content (AvgIpc) is 3.42. The maximum absolute atomic E-state index is 12.5. The van der Waals surface area contributed by atoms with Crippen molar-refractivity contribution in [2.24, 2.45) is 0 Å². The van der Waals surface area contributed by atoms with E-state index in [1.807, 2.05) is 35.7 Å². The summed E-state index contributed by atoms with van der Waals surface area (Å²) >= 11 is 7.42. The average molecular weight is 425 g/mol. The van der Waals surface area contributed by atoms with Gasteiger partial charge < -0.3 is 5.32 Å². The molecule has 3 aromatic rings. The Kier molecular flexibility index (Phi) is 6.65. The first-order valence-electron chi connectivity index (χ1n) is 10.1. The van der Waals surface area contributed by atoms with Gasteiger partial charge in [0.1, 0.15) is 0 Å². The maximum Gasteiger partial charge on any atom is 0.261 e. The molecule has 0 atom stereocenters. The van der Waals surface area contributed by atoms with Gasteiger partial charge in [-0.2, -0.15) is 0 Å². The SMILES string of the molecule is O=C(NCCc1ccc(CN2CCCC2)cc1)c1cc(-c2ccc(Cl)cc2)cs1. The van der Waals surface area contributed by atoms with Crippen LogP contribution in [0.4, 0.5) is 0 Å². The van der Waals surface area contributed by atoms with Crippen LogP contribution in [0.2, 0.25) is 5.02 Å². The van der Waals surface area contributed by atoms with Crippen molar-refractivity contribution >= 4 is 28.8 Å². The van der Waals surface area contributed by atoms with Crippen molar-refractivity contribution in [3.63, 3.8) is 0 Å². The number of thiophene rings is 1. The molecule has 1 saturated heterocycles. The van der Waals surface area contributed by atoms with Crippen LogP contribution in [0.15, 0.2) is 60.0 Å². The number of benzene rings is 2. The van der Waals surface area contributed by atoms with E-state index < -0.39 is 0 Å². The largest absolute Gasteiger partial charge is 0.351 e. The third kappa shape index (κ3) is 5.47. The molecule has 150 valence electrons. The highest BCUT2D eigenvalue weighted by Crippen LogP contribution is 2.26. The van der Waals surface area contributed by atoms with Gasteiger partial charge >= 0.3 is 0 Å². The summed E-state index contributed by atoms with van der Waals surface area (Å²) in [7, 11) is 0. The minimum absolute atomic E-state index is 0.0131. The van der Waals surface area contributed by atoms with E-state index in [0.29, 0.717) is 11.6 Å². The van der Waals surface area contributed by atoms with E-state index in [4.69, 9.17) is 11.6 Å². The van der Waals surface area contributed by atoms with Crippen LogP contribution in [-0.4, -0.2) is 30.4 Å². The van der Waals surface area contributed by atoms with Gasteiger partial charge in [-0.15, -0.1) is 11.3 Å². The highest BCUT2D eigenvalue weighted by molar-refractivity contribution is 7.12. The molecule has 0 spiro atoms. The zero-order chi connectivity index (χ0) is 20.1. The van der Waals surface area contributed by atoms with Crippen LogP contribution in [0.5, 0.6) is 0 Å². The molecule has 1 aliphatic rings. The number of rotatable bonds is 7. The van der Waals surface area contributed by atoms with Crippen LogP contribution in [0.3, 0.4) is 0 Å². The predicted molar refractivity (Wildman–Crippen MR) is 122 cm³/mol. The molecule has 3 nitrogen and oxygen atoms in total. The Morgan fingerprint density at radius 3 is 2.38 bits per heavy atom. The molecule has 0 unspecified atom stereocenters. The number of nitrogens with one attached hydrogen (secondary N) is 1. The molecular weight excluding hydrogens is 400 g/mol. The molecule has 5 heteroatoms. The van der Waals surface area contributed by atoms with Gasteiger partial charge in [-0.25, -0.2) is 0 Å². The Balaban J connectivity index is 1.26. The smallest absolute Gasteiger partial charge is 0.261 e. The molecule has 1 aliphatic heterocycles. The molecule has 4 rings (SSSR count). The Labute approximate surface area is 181 Å². The van der Waals surface area contributed by atoms with Crippen molar-refractivity contribution in [1.29, 1.82) is 0 Å². The number of carbonyl (C=O) groups is 1. The van der Waals surface area contributed by atoms with Crippen LogP contribution in [0.25, 0.3) is 11.1 Å². The topological polar surface area (TPSA) is 32.3 Å². The van der Waals surface area contributed by atoms with E-state index in [2.05, 4.69) is 34.5 Å². The summed E-state index contributed by atoms with van der Waals surface area (Å²) in [4.78, 5) is 15.7. The van der Waals surface area contributed by atoms with Crippen LogP contribution in [0.1, 0.15) is 33.6 Å². The monoisotopic (exact) mass is 424 g/mol. The number of carbonyl (C=O) groups excluding carboxylic acids is 1. The van der Waals surface area contributed by atoms with Crippen LogP contribution >= 0.6 is 22.9 Å². The van der Waals surface area contributed by atoms with E-state index in [-0.39, 0.29) is 5.91 Å². The quantitative estimate of drug-likeness (QED) is 0.532. The number of nitrogens with zero attached hydrogens (tertiary/aromatic N) is 1. The second kappa shape index (κ2) is 9.57. The number of likely N-dealkylation sites (tertiary alicyclic amines) is 1. The van der Waals surface area contributed by atoms with Crippen molar-refractivity contribution < 1.29 is 4.79 Å². The maximum atomic E-state index is 12.5. The van der Waals surface area contributed by atoms with E-state index in [1.165, 1.54) is 48.4 Å². The summed E-state index contributed by atoms with van der Waals surface area (Å²) in [5, 5.41) is 5.76. The number of amides is 1. The van der Waals surface area contributed by atoms with Crippen molar-refractivity contribution in [2.45, 2.75) is 25.8 Å². The molecule has 2 heterocycles. The lowest BCUT2D eigenvalue weighted by Gasteiger charge is -2.14. The molecule has 0 radical (unpaired) electrons. The molecule has 1 amide bonds. The summed E-state index contributed by atoms with van der Waals surface area (Å²) in [6.45, 7) is 4.12. The van der Waals surface area contributed by atoms with Crippen molar-refractivity contribution in [3.05, 3.63) is 81.0 Å². The van der Waals surface area contributed by atoms with E-state index >= 15 is 0 Å². The number of hydrogen-bond acceptors (Lipinski definition) is 3. The first kappa shape index (κ1) is 20.1. The van der Waals surface area contributed by atoms with Gasteiger partial charge in [0.25, 0.3) is 5.91 Å². The lowest BCUT2D eigenvalue weighted by atomic mass is 10.1. The van der Waals surface area contributed by atoms with Crippen LogP contribution in [-0.2, 0) is 13.0 Å². The van der Waals surface area contributed by atoms with Gasteiger partial charge in [0.2, 0.25) is 0 Å². The van der Waals surface area contributed by atoms with Crippen LogP contribution < -0.4 is 5.32 Å². The molecule has 29 heavy (non-hydrogen) atoms. The molecule has 0 aliphatic carbocycles. The van der Waals surface area contributed by atoms with Gasteiger partial charge in [-0.3, -0.25) is 9.69 Å². The molecule has 0 saturated carbocycles. The summed E-state index contributed by atoms with van der Waals surface area (Å²) in [5.41, 5.74) is 4.74. The standard InChI is InChI=1S/C24H25ClN2OS/c25-22-9-7-20(8-10-22)21-15-23(29-17-21)24(28)26-12-11-18-3-5-19(6-4-18)16-27-13-1-2-14-27/h3-10,15,17H,1-2,11-14,16H2,(H,26,28). The van der Waals surface area contributed by atoms with Gasteiger partial charge in [0.05, 0.1) is 4.88 Å². The van der Waals surface area contributed by atoms with Crippen molar-refractivity contribution in [3.8, 4) is 11.1 Å². The van der Waals surface area contributed by atoms with Crippen LogP contribution in [0, 0.1) is 0 Å². The van der Waals surface area contributed by atoms with E-state index in [1.54, 1.807) is 0 Å². The third-order valence-electron chi connectivity index (χ3n) is 5.33. The first-order chi connectivity index (χ1) is 14.2. The van der Waals surface area contributed by atoms with E-state index in [9.17, 15) is 4.79 Å². The highest BCUT2D eigenvalue weighted by atomic mass is 35.5. The fourth-order valence-corrected chi connectivity index (χ4v) is 4.63. The molecule has 1 aromatic heterocycles. The summed E-state index contributed by atoms with van der Waals surface area (Å²) in [6.07, 6.45) is 3.48. The molecule has 0 bridgehead atoms. The summed E-state index contributed by atoms with van der Waals surface area (Å²) < 4.78 is 0. The van der Waals surface area contributed by atoms with Crippen molar-refractivity contribution in [1.82, 2.24) is 10.2 Å². The van der Waals surface area contributed by atoms with Crippen molar-refractivity contribution in [2.75, 3.05) is 19.6 Å². The third-order valence-corrected chi connectivity index (χ3v) is 6.51. The number of hydrogen-bond donors (Lipinski definition) is 1.